The summed E-state index contributed by atoms with van der Waals surface area (Å²) in [5, 5.41) is 0. The van der Waals surface area contributed by atoms with Gasteiger partial charge in [-0.15, -0.1) is 0 Å². The molecule has 27 heavy (non-hydrogen) atoms. The third-order valence-corrected chi connectivity index (χ3v) is 5.78. The van der Waals surface area contributed by atoms with E-state index in [1.165, 1.54) is 22.5 Å². The molecule has 3 heteroatoms. The highest BCUT2D eigenvalue weighted by Crippen LogP contribution is 2.31. The molecule has 1 aliphatic rings. The Balaban J connectivity index is 1.63. The van der Waals surface area contributed by atoms with Crippen LogP contribution in [0.2, 0.25) is 0 Å². The van der Waals surface area contributed by atoms with Crippen LogP contribution in [0.3, 0.4) is 0 Å². The lowest BCUT2D eigenvalue weighted by molar-refractivity contribution is -0.129. The van der Waals surface area contributed by atoms with Gasteiger partial charge in [0.05, 0.1) is 0 Å². The maximum absolute atomic E-state index is 13.1. The highest BCUT2D eigenvalue weighted by molar-refractivity contribution is 5.84. The third kappa shape index (κ3) is 4.91. The van der Waals surface area contributed by atoms with Gasteiger partial charge in [-0.25, -0.2) is 0 Å². The van der Waals surface area contributed by atoms with Crippen molar-refractivity contribution in [1.82, 2.24) is 0 Å². The molecule has 0 N–H and O–H groups in total. The Labute approximate surface area is 164 Å². The van der Waals surface area contributed by atoms with Gasteiger partial charge in [0, 0.05) is 51.4 Å². The molecule has 0 heterocycles. The minimum atomic E-state index is 0.176. The van der Waals surface area contributed by atoms with Crippen molar-refractivity contribution in [2.45, 2.75) is 32.1 Å². The van der Waals surface area contributed by atoms with Crippen LogP contribution in [0.25, 0.3) is 0 Å². The summed E-state index contributed by atoms with van der Waals surface area (Å²) in [5.74, 6) is 0.819. The van der Waals surface area contributed by atoms with Crippen LogP contribution in [0.1, 0.15) is 30.4 Å². The van der Waals surface area contributed by atoms with Crippen LogP contribution in [0.15, 0.2) is 48.5 Å². The Morgan fingerprint density at radius 1 is 0.704 bits per heavy atom. The van der Waals surface area contributed by atoms with E-state index < -0.39 is 0 Å². The Morgan fingerprint density at radius 2 is 1.07 bits per heavy atom. The van der Waals surface area contributed by atoms with Gasteiger partial charge in [-0.05, 0) is 61.1 Å². The summed E-state index contributed by atoms with van der Waals surface area (Å²) < 4.78 is 0. The van der Waals surface area contributed by atoms with Crippen molar-refractivity contribution in [3.05, 3.63) is 59.7 Å². The molecule has 1 saturated carbocycles. The Hall–Kier alpha value is -2.29. The third-order valence-electron chi connectivity index (χ3n) is 5.78. The van der Waals surface area contributed by atoms with Gasteiger partial charge in [0.25, 0.3) is 0 Å². The molecule has 2 atom stereocenters. The van der Waals surface area contributed by atoms with Gasteiger partial charge in [-0.1, -0.05) is 30.7 Å². The largest absolute Gasteiger partial charge is 0.378 e. The Kier molecular flexibility index (Phi) is 6.20. The minimum absolute atomic E-state index is 0.176. The molecule has 2 aromatic rings. The first-order valence-electron chi connectivity index (χ1n) is 10.0. The minimum Gasteiger partial charge on any atom is -0.378 e. The lowest BCUT2D eigenvalue weighted by Crippen LogP contribution is -2.31. The highest BCUT2D eigenvalue weighted by atomic mass is 16.1. The van der Waals surface area contributed by atoms with Crippen molar-refractivity contribution in [2.75, 3.05) is 38.0 Å². The molecule has 1 fully saturated rings. The Bertz CT molecular complexity index is 683. The zero-order valence-corrected chi connectivity index (χ0v) is 17.1. The molecule has 1 aliphatic carbocycles. The molecule has 0 bridgehead atoms. The van der Waals surface area contributed by atoms with Crippen LogP contribution in [-0.4, -0.2) is 34.0 Å². The molecule has 0 radical (unpaired) electrons. The van der Waals surface area contributed by atoms with Gasteiger partial charge in [-0.3, -0.25) is 4.79 Å². The van der Waals surface area contributed by atoms with Gasteiger partial charge in [0.2, 0.25) is 0 Å². The lowest BCUT2D eigenvalue weighted by Gasteiger charge is -2.28. The normalized spacial score (nSPS) is 19.8. The first kappa shape index (κ1) is 19.5. The molecule has 3 rings (SSSR count). The molecule has 2 unspecified atom stereocenters. The number of carbonyl (C=O) groups is 1. The van der Waals surface area contributed by atoms with E-state index >= 15 is 0 Å². The van der Waals surface area contributed by atoms with E-state index in [2.05, 4.69) is 86.5 Å². The summed E-state index contributed by atoms with van der Waals surface area (Å²) in [7, 11) is 8.20. The second-order valence-corrected chi connectivity index (χ2v) is 8.26. The predicted molar refractivity (Wildman–Crippen MR) is 115 cm³/mol. The molecule has 0 amide bonds. The molecular weight excluding hydrogens is 332 g/mol. The molecule has 0 aliphatic heterocycles. The van der Waals surface area contributed by atoms with Gasteiger partial charge in [0.15, 0.2) is 0 Å². The van der Waals surface area contributed by atoms with Gasteiger partial charge in [-0.2, -0.15) is 0 Å². The van der Waals surface area contributed by atoms with Crippen LogP contribution in [0, 0.1) is 11.8 Å². The number of carbonyl (C=O) groups excluding carboxylic acids is 1. The molecule has 144 valence electrons. The van der Waals surface area contributed by atoms with E-state index in [9.17, 15) is 4.79 Å². The Morgan fingerprint density at radius 3 is 1.41 bits per heavy atom. The van der Waals surface area contributed by atoms with Crippen molar-refractivity contribution in [3.63, 3.8) is 0 Å². The second kappa shape index (κ2) is 8.60. The van der Waals surface area contributed by atoms with Crippen molar-refractivity contribution in [3.8, 4) is 0 Å². The number of hydrogen-bond acceptors (Lipinski definition) is 3. The van der Waals surface area contributed by atoms with Crippen LogP contribution >= 0.6 is 0 Å². The highest BCUT2D eigenvalue weighted by Gasteiger charge is 2.31. The number of benzene rings is 2. The van der Waals surface area contributed by atoms with Crippen LogP contribution in [-0.2, 0) is 17.6 Å². The second-order valence-electron chi connectivity index (χ2n) is 8.26. The van der Waals surface area contributed by atoms with E-state index in [0.717, 1.165) is 32.1 Å². The van der Waals surface area contributed by atoms with Gasteiger partial charge < -0.3 is 9.80 Å². The quantitative estimate of drug-likeness (QED) is 0.749. The summed E-state index contributed by atoms with van der Waals surface area (Å²) in [5.41, 5.74) is 4.95. The lowest BCUT2D eigenvalue weighted by atomic mass is 9.75. The molecule has 0 aromatic heterocycles. The number of hydrogen-bond donors (Lipinski definition) is 0. The predicted octanol–water partition coefficient (Wildman–Crippen LogP) is 4.59. The SMILES string of the molecule is CN(C)c1ccc(CC2CCCC(Cc3ccc(N(C)C)cc3)C2=O)cc1. The van der Waals surface area contributed by atoms with Gasteiger partial charge in [0.1, 0.15) is 5.78 Å². The molecule has 0 spiro atoms. The van der Waals surface area contributed by atoms with Crippen LogP contribution in [0.4, 0.5) is 11.4 Å². The molecular formula is C24H32N2O. The average Bonchev–Trinajstić information content (AvgIpc) is 2.66. The molecule has 0 saturated heterocycles. The topological polar surface area (TPSA) is 23.6 Å². The first-order chi connectivity index (χ1) is 12.9. The molecule has 2 aromatic carbocycles. The van der Waals surface area contributed by atoms with E-state index in [1.807, 2.05) is 0 Å². The van der Waals surface area contributed by atoms with Crippen molar-refractivity contribution < 1.29 is 4.79 Å². The number of ketones is 1. The molecule has 3 nitrogen and oxygen atoms in total. The number of anilines is 2. The van der Waals surface area contributed by atoms with E-state index in [4.69, 9.17) is 0 Å². The van der Waals surface area contributed by atoms with Crippen molar-refractivity contribution >= 4 is 17.2 Å². The summed E-state index contributed by atoms with van der Waals surface area (Å²) in [4.78, 5) is 17.3. The maximum atomic E-state index is 13.1. The number of rotatable bonds is 6. The van der Waals surface area contributed by atoms with E-state index in [-0.39, 0.29) is 11.8 Å². The fourth-order valence-corrected chi connectivity index (χ4v) is 4.06. The fourth-order valence-electron chi connectivity index (χ4n) is 4.06. The summed E-state index contributed by atoms with van der Waals surface area (Å²) >= 11 is 0. The maximum Gasteiger partial charge on any atom is 0.139 e. The summed E-state index contributed by atoms with van der Waals surface area (Å²) in [6.45, 7) is 0. The van der Waals surface area contributed by atoms with Crippen molar-refractivity contribution in [1.29, 1.82) is 0 Å². The van der Waals surface area contributed by atoms with Crippen molar-refractivity contribution in [2.24, 2.45) is 11.8 Å². The van der Waals surface area contributed by atoms with Gasteiger partial charge >= 0.3 is 0 Å². The zero-order chi connectivity index (χ0) is 19.4. The first-order valence-corrected chi connectivity index (χ1v) is 10.0. The van der Waals surface area contributed by atoms with E-state index in [1.54, 1.807) is 0 Å². The fraction of sp³-hybridized carbons (Fsp3) is 0.458. The van der Waals surface area contributed by atoms with Crippen LogP contribution in [0.5, 0.6) is 0 Å². The standard InChI is InChI=1S/C24H32N2O/c1-25(2)22-12-8-18(9-13-22)16-20-6-5-7-21(24(20)27)17-19-10-14-23(15-11-19)26(3)4/h8-15,20-21H,5-7,16-17H2,1-4H3. The average molecular weight is 365 g/mol. The zero-order valence-electron chi connectivity index (χ0n) is 17.1. The van der Waals surface area contributed by atoms with Crippen LogP contribution < -0.4 is 9.80 Å². The number of nitrogens with zero attached hydrogens (tertiary/aromatic N) is 2. The summed E-state index contributed by atoms with van der Waals surface area (Å²) in [6.07, 6.45) is 4.98. The van der Waals surface area contributed by atoms with E-state index in [0.29, 0.717) is 5.78 Å². The number of Topliss-reactive ketones (excluding diaryl/α,β-unsaturated/α-hetero) is 1. The smallest absolute Gasteiger partial charge is 0.139 e. The monoisotopic (exact) mass is 364 g/mol. The summed E-state index contributed by atoms with van der Waals surface area (Å²) in [6, 6.07) is 17.3.